The van der Waals surface area contributed by atoms with Crippen molar-refractivity contribution < 1.29 is 4.42 Å². The van der Waals surface area contributed by atoms with Crippen LogP contribution in [0.2, 0.25) is 0 Å². The lowest BCUT2D eigenvalue weighted by Crippen LogP contribution is -2.16. The molecule has 30 rings (SSSR count). The molecule has 0 radical (unpaired) electrons. The van der Waals surface area contributed by atoms with E-state index in [1.54, 1.807) is 34.0 Å². The van der Waals surface area contributed by atoms with Crippen LogP contribution in [0.25, 0.3) is 265 Å². The molecule has 10 nitrogen and oxygen atoms in total. The summed E-state index contributed by atoms with van der Waals surface area (Å²) >= 11 is 7.17. The van der Waals surface area contributed by atoms with Crippen LogP contribution < -0.4 is 0 Å². The molecular weight excluding hydrogens is 1750 g/mol. The molecule has 18 aromatic carbocycles. The monoisotopic (exact) mass is 1820 g/mol. The molecule has 11 aromatic heterocycles. The summed E-state index contributed by atoms with van der Waals surface area (Å²) in [6.45, 7) is 4.75. The molecule has 0 spiro atoms. The second-order valence-corrected chi connectivity index (χ2v) is 40.0. The fraction of sp³-hybridized carbons (Fsp3) is 0.0244. The van der Waals surface area contributed by atoms with Crippen molar-refractivity contribution in [2.24, 2.45) is 0 Å². The highest BCUT2D eigenvalue weighted by Crippen LogP contribution is 2.55. The van der Waals surface area contributed by atoms with E-state index in [1.165, 1.54) is 122 Å². The average Bonchev–Trinajstić information content (AvgIpc) is 1.55. The number of nitrogens with zero attached hydrogens (tertiary/aromatic N) is 9. The van der Waals surface area contributed by atoms with E-state index in [1.807, 2.05) is 78.1 Å². The maximum atomic E-state index is 6.59. The minimum absolute atomic E-state index is 0.126. The van der Waals surface area contributed by atoms with Crippen LogP contribution in [0.15, 0.2) is 423 Å². The Morgan fingerprint density at radius 3 is 1.11 bits per heavy atom. The summed E-state index contributed by atoms with van der Waals surface area (Å²) in [5.74, 6) is 2.23. The fourth-order valence-corrected chi connectivity index (χ4v) is 26.1. The Balaban J connectivity index is 0.000000102. The van der Waals surface area contributed by atoms with Crippen LogP contribution in [0.5, 0.6) is 0 Å². The van der Waals surface area contributed by atoms with Gasteiger partial charge in [-0.15, -0.1) is 45.3 Å². The first-order valence-electron chi connectivity index (χ1n) is 46.1. The van der Waals surface area contributed by atoms with Gasteiger partial charge >= 0.3 is 0 Å². The van der Waals surface area contributed by atoms with Crippen LogP contribution in [0.4, 0.5) is 0 Å². The van der Waals surface area contributed by atoms with E-state index in [2.05, 4.69) is 379 Å². The molecule has 0 bridgehead atoms. The van der Waals surface area contributed by atoms with Gasteiger partial charge in [0.15, 0.2) is 23.1 Å². The van der Waals surface area contributed by atoms with E-state index >= 15 is 0 Å². The zero-order chi connectivity index (χ0) is 90.2. The Labute approximate surface area is 800 Å². The zero-order valence-electron chi connectivity index (χ0n) is 73.9. The first-order valence-corrected chi connectivity index (χ1v) is 49.4. The molecule has 0 atom stereocenters. The summed E-state index contributed by atoms with van der Waals surface area (Å²) in [4.78, 5) is 31.0. The predicted octanol–water partition coefficient (Wildman–Crippen LogP) is 34.4. The highest BCUT2D eigenvalue weighted by atomic mass is 32.1. The summed E-state index contributed by atoms with van der Waals surface area (Å²) in [6.07, 6.45) is 0. The normalized spacial score (nSPS) is 12.5. The molecule has 29 aromatic rings. The van der Waals surface area contributed by atoms with Crippen LogP contribution in [0.1, 0.15) is 25.0 Å². The van der Waals surface area contributed by atoms with Crippen LogP contribution >= 0.6 is 45.3 Å². The van der Waals surface area contributed by atoms with Crippen LogP contribution in [-0.2, 0) is 5.41 Å². The second-order valence-electron chi connectivity index (χ2n) is 35.7. The fourth-order valence-electron chi connectivity index (χ4n) is 21.4. The lowest BCUT2D eigenvalue weighted by Gasteiger charge is -2.23. The minimum Gasteiger partial charge on any atom is -0.454 e. The van der Waals surface area contributed by atoms with Crippen molar-refractivity contribution >= 4 is 214 Å². The standard InChI is InChI=1S/C43H29N3S.C40H23N3OS.C40H23N3S2/c1-43(2)34-17-9-6-14-29(34)31-24-25-32-30-15-7-10-18-35(30)46(40(32)37(31)43)28-22-20-26(21-23-28)38-41-39(33-16-8-11-19-36(33)47-41)45-42(44-38)27-12-4-3-5-13-27;2*1-2-11-24(12-3-1)40-41-35(39-36(42-40)31-17-6-9-20-34(31)45-39)25-13-10-14-26(23-25)43-32-18-7-4-15-27(32)29-21-22-30-28-16-5-8-19-33(28)44-38(30)37(29)43/h3-25H,1-2H3;2*1-23H. The number of hydrogen-bond donors (Lipinski definition) is 0. The van der Waals surface area contributed by atoms with Crippen molar-refractivity contribution in [1.82, 2.24) is 43.6 Å². The SMILES string of the molecule is CC1(C)c2ccccc2-c2ccc3c4ccccc4n(-c4ccc(-c5nc(-c6ccccc6)nc6c5sc5ccccc56)cc4)c3c21.c1ccc(-c2nc(-c3cccc(-n4c5ccccc5c5ccc6c7ccccc7oc6c54)c3)c3sc4ccccc4c3n2)cc1.c1ccc(-c2nc(-c3cccc(-n4c5ccccc5c5ccc6c7ccccc7sc6c54)c3)c3sc4ccccc4c3n2)cc1. The van der Waals surface area contributed by atoms with Crippen molar-refractivity contribution in [3.8, 4) is 96.1 Å². The van der Waals surface area contributed by atoms with Gasteiger partial charge in [-0.3, -0.25) is 0 Å². The Morgan fingerprint density at radius 1 is 0.234 bits per heavy atom. The van der Waals surface area contributed by atoms with E-state index < -0.39 is 0 Å². The second kappa shape index (κ2) is 31.2. The topological polar surface area (TPSA) is 105 Å². The van der Waals surface area contributed by atoms with Gasteiger partial charge in [0.2, 0.25) is 0 Å². The number of para-hydroxylation sites is 4. The Morgan fingerprint density at radius 2 is 0.599 bits per heavy atom. The molecule has 1 aliphatic rings. The van der Waals surface area contributed by atoms with Crippen LogP contribution in [-0.4, -0.2) is 43.6 Å². The van der Waals surface area contributed by atoms with E-state index in [9.17, 15) is 0 Å². The first kappa shape index (κ1) is 78.9. The Bertz CT molecular complexity index is 9670. The van der Waals surface area contributed by atoms with Gasteiger partial charge < -0.3 is 18.1 Å². The van der Waals surface area contributed by atoms with Crippen molar-refractivity contribution in [3.05, 3.63) is 430 Å². The Kier molecular flexibility index (Phi) is 18.0. The number of hydrogen-bond acceptors (Lipinski definition) is 11. The third kappa shape index (κ3) is 12.4. The lowest BCUT2D eigenvalue weighted by atomic mass is 9.81. The van der Waals surface area contributed by atoms with E-state index in [0.717, 1.165) is 154 Å². The number of benzene rings is 18. The summed E-state index contributed by atoms with van der Waals surface area (Å²) in [6, 6.07) is 149. The smallest absolute Gasteiger partial charge is 0.160 e. The van der Waals surface area contributed by atoms with Gasteiger partial charge in [0.05, 0.1) is 85.5 Å². The molecule has 0 unspecified atom stereocenters. The number of fused-ring (bicyclic) bond motifs is 30. The summed E-state index contributed by atoms with van der Waals surface area (Å²) < 4.78 is 23.5. The summed E-state index contributed by atoms with van der Waals surface area (Å²) in [5.41, 5.74) is 29.8. The highest BCUT2D eigenvalue weighted by molar-refractivity contribution is 7.27. The molecule has 14 heteroatoms. The van der Waals surface area contributed by atoms with Gasteiger partial charge in [0, 0.05) is 145 Å². The molecule has 0 amide bonds. The zero-order valence-corrected chi connectivity index (χ0v) is 77.2. The third-order valence-electron chi connectivity index (χ3n) is 27.6. The van der Waals surface area contributed by atoms with Gasteiger partial charge in [-0.05, 0) is 113 Å². The van der Waals surface area contributed by atoms with E-state index in [0.29, 0.717) is 0 Å². The molecule has 1 aliphatic carbocycles. The Hall–Kier alpha value is -16.7. The number of thiophene rings is 4. The molecule has 0 N–H and O–H groups in total. The van der Waals surface area contributed by atoms with Gasteiger partial charge in [-0.25, -0.2) is 29.9 Å². The molecule has 642 valence electrons. The molecular formula is C123H75N9OS4. The molecule has 0 saturated carbocycles. The van der Waals surface area contributed by atoms with Crippen molar-refractivity contribution in [2.45, 2.75) is 19.3 Å². The largest absolute Gasteiger partial charge is 0.454 e. The molecule has 0 fully saturated rings. The maximum Gasteiger partial charge on any atom is 0.160 e. The maximum absolute atomic E-state index is 6.59. The third-order valence-corrected chi connectivity index (χ3v) is 32.3. The first-order chi connectivity index (χ1) is 67.7. The quantitative estimate of drug-likeness (QED) is 0.142. The minimum atomic E-state index is -0.126. The van der Waals surface area contributed by atoms with E-state index in [4.69, 9.17) is 34.3 Å². The van der Waals surface area contributed by atoms with Crippen molar-refractivity contribution in [2.75, 3.05) is 0 Å². The van der Waals surface area contributed by atoms with Gasteiger partial charge in [0.1, 0.15) is 5.58 Å². The molecule has 11 heterocycles. The number of aromatic nitrogens is 9. The van der Waals surface area contributed by atoms with Crippen molar-refractivity contribution in [1.29, 1.82) is 0 Å². The number of furan rings is 1. The van der Waals surface area contributed by atoms with Crippen LogP contribution in [0.3, 0.4) is 0 Å². The highest BCUT2D eigenvalue weighted by Gasteiger charge is 2.39. The molecule has 0 aliphatic heterocycles. The summed E-state index contributed by atoms with van der Waals surface area (Å²) in [7, 11) is 0. The lowest BCUT2D eigenvalue weighted by molar-refractivity contribution is 0.664. The van der Waals surface area contributed by atoms with E-state index in [-0.39, 0.29) is 5.41 Å². The molecule has 137 heavy (non-hydrogen) atoms. The van der Waals surface area contributed by atoms with Gasteiger partial charge in [0.25, 0.3) is 0 Å². The average molecular weight is 1820 g/mol. The van der Waals surface area contributed by atoms with Crippen LogP contribution in [0, 0.1) is 0 Å². The number of rotatable bonds is 9. The predicted molar refractivity (Wildman–Crippen MR) is 578 cm³/mol. The van der Waals surface area contributed by atoms with Crippen molar-refractivity contribution in [3.63, 3.8) is 0 Å². The summed E-state index contributed by atoms with van der Waals surface area (Å²) in [5, 5.41) is 15.8. The molecule has 0 saturated heterocycles. The van der Waals surface area contributed by atoms with Gasteiger partial charge in [-0.2, -0.15) is 0 Å². The van der Waals surface area contributed by atoms with Gasteiger partial charge in [-0.1, -0.05) is 341 Å².